The molecule has 1 aliphatic rings. The summed E-state index contributed by atoms with van der Waals surface area (Å²) >= 11 is 0. The van der Waals surface area contributed by atoms with Gasteiger partial charge in [0.25, 0.3) is 0 Å². The Labute approximate surface area is 147 Å². The van der Waals surface area contributed by atoms with E-state index in [4.69, 9.17) is 9.47 Å². The summed E-state index contributed by atoms with van der Waals surface area (Å²) in [5.74, 6) is 1.58. The average Bonchev–Trinajstić information content (AvgIpc) is 3.31. The van der Waals surface area contributed by atoms with Crippen molar-refractivity contribution in [2.24, 2.45) is 0 Å². The van der Waals surface area contributed by atoms with Gasteiger partial charge >= 0.3 is 0 Å². The first-order valence-electron chi connectivity index (χ1n) is 8.55. The second kappa shape index (κ2) is 8.00. The van der Waals surface area contributed by atoms with E-state index in [1.54, 1.807) is 25.1 Å². The zero-order chi connectivity index (χ0) is 17.6. The number of hydrogen-bond acceptors (Lipinski definition) is 5. The molecule has 0 radical (unpaired) electrons. The lowest BCUT2D eigenvalue weighted by molar-refractivity contribution is -0.132. The molecule has 1 fully saturated rings. The number of amides is 1. The second-order valence-corrected chi connectivity index (χ2v) is 6.20. The summed E-state index contributed by atoms with van der Waals surface area (Å²) in [6.07, 6.45) is 6.74. The molecule has 0 aliphatic carbocycles. The highest BCUT2D eigenvalue weighted by Crippen LogP contribution is 2.28. The molecule has 0 spiro atoms. The molecule has 7 heteroatoms. The third-order valence-corrected chi connectivity index (χ3v) is 4.64. The Morgan fingerprint density at radius 3 is 2.84 bits per heavy atom. The van der Waals surface area contributed by atoms with Crippen LogP contribution in [-0.4, -0.2) is 52.6 Å². The smallest absolute Gasteiger partial charge is 0.223 e. The molecule has 1 atom stereocenters. The van der Waals surface area contributed by atoms with Gasteiger partial charge in [-0.2, -0.15) is 0 Å². The highest BCUT2D eigenvalue weighted by atomic mass is 16.5. The SMILES string of the molecule is COc1ccc(CCC(=O)N2CCC[C@H]2Cn2ccnn2)cc1OC. The Balaban J connectivity index is 1.58. The molecule has 1 aromatic carbocycles. The Hall–Kier alpha value is -2.57. The van der Waals surface area contributed by atoms with E-state index in [9.17, 15) is 4.79 Å². The third-order valence-electron chi connectivity index (χ3n) is 4.64. The van der Waals surface area contributed by atoms with E-state index in [1.807, 2.05) is 29.3 Å². The lowest BCUT2D eigenvalue weighted by Crippen LogP contribution is -2.38. The number of hydrogen-bond donors (Lipinski definition) is 0. The molecule has 1 saturated heterocycles. The number of benzene rings is 1. The molecule has 7 nitrogen and oxygen atoms in total. The Kier molecular flexibility index (Phi) is 5.53. The lowest BCUT2D eigenvalue weighted by atomic mass is 10.1. The van der Waals surface area contributed by atoms with Crippen molar-refractivity contribution in [2.75, 3.05) is 20.8 Å². The predicted octanol–water partition coefficient (Wildman–Crippen LogP) is 1.92. The topological polar surface area (TPSA) is 69.5 Å². The highest BCUT2D eigenvalue weighted by molar-refractivity contribution is 5.77. The zero-order valence-electron chi connectivity index (χ0n) is 14.7. The van der Waals surface area contributed by atoms with Gasteiger partial charge in [0.1, 0.15) is 0 Å². The van der Waals surface area contributed by atoms with Gasteiger partial charge in [0.2, 0.25) is 5.91 Å². The van der Waals surface area contributed by atoms with Crippen LogP contribution in [0.1, 0.15) is 24.8 Å². The van der Waals surface area contributed by atoms with E-state index in [0.29, 0.717) is 30.9 Å². The molecule has 3 rings (SSSR count). The van der Waals surface area contributed by atoms with Gasteiger partial charge in [0.15, 0.2) is 11.5 Å². The molecule has 2 aromatic rings. The standard InChI is InChI=1S/C18H24N4O3/c1-24-16-7-5-14(12-17(16)25-2)6-8-18(23)22-10-3-4-15(22)13-21-11-9-19-20-21/h5,7,9,11-12,15H,3-4,6,8,10,13H2,1-2H3/t15-/m0/s1. The van der Waals surface area contributed by atoms with Gasteiger partial charge in [0.05, 0.1) is 33.0 Å². The number of ether oxygens (including phenoxy) is 2. The Bertz CT molecular complexity index is 702. The summed E-state index contributed by atoms with van der Waals surface area (Å²) in [6.45, 7) is 1.53. The molecule has 0 N–H and O–H groups in total. The molecule has 25 heavy (non-hydrogen) atoms. The van der Waals surface area contributed by atoms with Crippen LogP contribution in [0.5, 0.6) is 11.5 Å². The fourth-order valence-electron chi connectivity index (χ4n) is 3.33. The first-order valence-corrected chi connectivity index (χ1v) is 8.55. The quantitative estimate of drug-likeness (QED) is 0.767. The maximum absolute atomic E-state index is 12.7. The minimum absolute atomic E-state index is 0.192. The predicted molar refractivity (Wildman–Crippen MR) is 92.6 cm³/mol. The van der Waals surface area contributed by atoms with Crippen LogP contribution in [-0.2, 0) is 17.8 Å². The number of likely N-dealkylation sites (tertiary alicyclic amines) is 1. The van der Waals surface area contributed by atoms with E-state index < -0.39 is 0 Å². The lowest BCUT2D eigenvalue weighted by Gasteiger charge is -2.24. The number of rotatable bonds is 7. The van der Waals surface area contributed by atoms with Crippen LogP contribution < -0.4 is 9.47 Å². The van der Waals surface area contributed by atoms with Crippen molar-refractivity contribution in [3.63, 3.8) is 0 Å². The molecule has 0 saturated carbocycles. The molecule has 1 aromatic heterocycles. The minimum atomic E-state index is 0.192. The van der Waals surface area contributed by atoms with Crippen molar-refractivity contribution >= 4 is 5.91 Å². The van der Waals surface area contributed by atoms with Gasteiger partial charge in [-0.05, 0) is 37.0 Å². The van der Waals surface area contributed by atoms with E-state index in [2.05, 4.69) is 10.3 Å². The third kappa shape index (κ3) is 4.10. The van der Waals surface area contributed by atoms with Crippen molar-refractivity contribution in [1.29, 1.82) is 0 Å². The molecular formula is C18H24N4O3. The Morgan fingerprint density at radius 2 is 2.12 bits per heavy atom. The number of aryl methyl sites for hydroxylation is 1. The van der Waals surface area contributed by atoms with E-state index in [-0.39, 0.29) is 11.9 Å². The van der Waals surface area contributed by atoms with E-state index >= 15 is 0 Å². The summed E-state index contributed by atoms with van der Waals surface area (Å²) in [4.78, 5) is 14.6. The van der Waals surface area contributed by atoms with Gasteiger partial charge in [-0.15, -0.1) is 5.10 Å². The number of aromatic nitrogens is 3. The van der Waals surface area contributed by atoms with E-state index in [0.717, 1.165) is 24.9 Å². The second-order valence-electron chi connectivity index (χ2n) is 6.20. The monoisotopic (exact) mass is 344 g/mol. The highest BCUT2D eigenvalue weighted by Gasteiger charge is 2.28. The first kappa shape index (κ1) is 17.3. The van der Waals surface area contributed by atoms with E-state index in [1.165, 1.54) is 0 Å². The minimum Gasteiger partial charge on any atom is -0.493 e. The van der Waals surface area contributed by atoms with Crippen molar-refractivity contribution in [3.05, 3.63) is 36.2 Å². The van der Waals surface area contributed by atoms with Crippen LogP contribution in [0.4, 0.5) is 0 Å². The zero-order valence-corrected chi connectivity index (χ0v) is 14.7. The van der Waals surface area contributed by atoms with Gasteiger partial charge in [-0.25, -0.2) is 0 Å². The first-order chi connectivity index (χ1) is 12.2. The Morgan fingerprint density at radius 1 is 1.28 bits per heavy atom. The van der Waals surface area contributed by atoms with Crippen LogP contribution in [0.2, 0.25) is 0 Å². The van der Waals surface area contributed by atoms with Gasteiger partial charge in [0, 0.05) is 19.2 Å². The number of nitrogens with zero attached hydrogens (tertiary/aromatic N) is 4. The summed E-state index contributed by atoms with van der Waals surface area (Å²) in [5.41, 5.74) is 1.07. The summed E-state index contributed by atoms with van der Waals surface area (Å²) in [7, 11) is 3.23. The maximum atomic E-state index is 12.7. The van der Waals surface area contributed by atoms with Crippen molar-refractivity contribution in [2.45, 2.75) is 38.3 Å². The molecule has 0 unspecified atom stereocenters. The molecule has 134 valence electrons. The maximum Gasteiger partial charge on any atom is 0.223 e. The number of carbonyl (C=O) groups is 1. The number of methoxy groups -OCH3 is 2. The van der Waals surface area contributed by atoms with Crippen LogP contribution in [0.25, 0.3) is 0 Å². The van der Waals surface area contributed by atoms with Crippen molar-refractivity contribution < 1.29 is 14.3 Å². The van der Waals surface area contributed by atoms with Crippen LogP contribution >= 0.6 is 0 Å². The van der Waals surface area contributed by atoms with Crippen molar-refractivity contribution in [3.8, 4) is 11.5 Å². The van der Waals surface area contributed by atoms with Crippen molar-refractivity contribution in [1.82, 2.24) is 19.9 Å². The van der Waals surface area contributed by atoms with Gasteiger partial charge in [-0.1, -0.05) is 11.3 Å². The molecular weight excluding hydrogens is 320 g/mol. The average molecular weight is 344 g/mol. The van der Waals surface area contributed by atoms with Crippen LogP contribution in [0.3, 0.4) is 0 Å². The molecule has 1 amide bonds. The van der Waals surface area contributed by atoms with Gasteiger partial charge < -0.3 is 14.4 Å². The fourth-order valence-corrected chi connectivity index (χ4v) is 3.33. The van der Waals surface area contributed by atoms with Crippen LogP contribution in [0, 0.1) is 0 Å². The summed E-state index contributed by atoms with van der Waals surface area (Å²) < 4.78 is 12.4. The molecule has 0 bridgehead atoms. The van der Waals surface area contributed by atoms with Gasteiger partial charge in [-0.3, -0.25) is 9.48 Å². The summed E-state index contributed by atoms with van der Waals surface area (Å²) in [5, 5.41) is 7.83. The summed E-state index contributed by atoms with van der Waals surface area (Å²) in [6, 6.07) is 6.00. The van der Waals surface area contributed by atoms with Crippen LogP contribution in [0.15, 0.2) is 30.6 Å². The molecule has 1 aliphatic heterocycles. The fraction of sp³-hybridized carbons (Fsp3) is 0.500. The normalized spacial score (nSPS) is 16.9. The largest absolute Gasteiger partial charge is 0.493 e. The molecule has 2 heterocycles. The number of carbonyl (C=O) groups excluding carboxylic acids is 1.